The predicted octanol–water partition coefficient (Wildman–Crippen LogP) is 3.62. The van der Waals surface area contributed by atoms with Crippen LogP contribution in [0.25, 0.3) is 0 Å². The van der Waals surface area contributed by atoms with Gasteiger partial charge in [-0.2, -0.15) is 0 Å². The molecular weight excluding hydrogens is 218 g/mol. The van der Waals surface area contributed by atoms with Gasteiger partial charge in [-0.05, 0) is 55.0 Å². The van der Waals surface area contributed by atoms with Gasteiger partial charge in [-0.1, -0.05) is 37.6 Å². The molecule has 0 aliphatic heterocycles. The summed E-state index contributed by atoms with van der Waals surface area (Å²) < 4.78 is 0. The van der Waals surface area contributed by atoms with Crippen molar-refractivity contribution in [2.45, 2.75) is 32.1 Å². The van der Waals surface area contributed by atoms with Crippen molar-refractivity contribution in [3.63, 3.8) is 0 Å². The lowest BCUT2D eigenvalue weighted by atomic mass is 9.95. The second kappa shape index (κ2) is 4.77. The summed E-state index contributed by atoms with van der Waals surface area (Å²) in [4.78, 5) is 0. The van der Waals surface area contributed by atoms with E-state index < -0.39 is 0 Å². The van der Waals surface area contributed by atoms with Gasteiger partial charge in [0.15, 0.2) is 0 Å². The zero-order chi connectivity index (χ0) is 11.6. The first kappa shape index (κ1) is 11.9. The minimum atomic E-state index is 0.380. The number of benzene rings is 1. The Bertz CT molecular complexity index is 346. The van der Waals surface area contributed by atoms with E-state index in [1.165, 1.54) is 18.4 Å². The van der Waals surface area contributed by atoms with Gasteiger partial charge >= 0.3 is 0 Å². The average Bonchev–Trinajstić information content (AvgIpc) is 2.92. The zero-order valence-corrected chi connectivity index (χ0v) is 10.8. The van der Waals surface area contributed by atoms with Crippen molar-refractivity contribution in [1.29, 1.82) is 0 Å². The summed E-state index contributed by atoms with van der Waals surface area (Å²) in [6.45, 7) is 6.84. The molecule has 0 radical (unpaired) electrons. The maximum Gasteiger partial charge on any atom is 0.0406 e. The van der Waals surface area contributed by atoms with E-state index in [1.54, 1.807) is 0 Å². The second-order valence-corrected chi connectivity index (χ2v) is 5.47. The van der Waals surface area contributed by atoms with Gasteiger partial charge < -0.3 is 5.32 Å². The normalized spacial score (nSPS) is 28.1. The maximum absolute atomic E-state index is 5.91. The van der Waals surface area contributed by atoms with Gasteiger partial charge in [-0.25, -0.2) is 0 Å². The molecule has 1 fully saturated rings. The summed E-state index contributed by atoms with van der Waals surface area (Å²) in [6, 6.07) is 8.33. The van der Waals surface area contributed by atoms with Gasteiger partial charge in [-0.3, -0.25) is 0 Å². The lowest BCUT2D eigenvalue weighted by Gasteiger charge is -2.12. The Labute approximate surface area is 103 Å². The van der Waals surface area contributed by atoms with Gasteiger partial charge in [0.05, 0.1) is 0 Å². The number of hydrogen-bond acceptors (Lipinski definition) is 1. The first-order valence-electron chi connectivity index (χ1n) is 6.13. The predicted molar refractivity (Wildman–Crippen MR) is 70.1 cm³/mol. The molecule has 0 saturated heterocycles. The molecule has 0 aromatic heterocycles. The Morgan fingerprint density at radius 2 is 2.06 bits per heavy atom. The molecule has 1 aromatic carbocycles. The highest BCUT2D eigenvalue weighted by molar-refractivity contribution is 6.30. The Morgan fingerprint density at radius 1 is 1.38 bits per heavy atom. The van der Waals surface area contributed by atoms with Crippen molar-refractivity contribution in [2.75, 3.05) is 13.1 Å². The Balaban J connectivity index is 1.93. The topological polar surface area (TPSA) is 12.0 Å². The molecule has 16 heavy (non-hydrogen) atoms. The molecule has 2 heteroatoms. The van der Waals surface area contributed by atoms with Gasteiger partial charge in [0, 0.05) is 5.02 Å². The summed E-state index contributed by atoms with van der Waals surface area (Å²) in [5, 5.41) is 4.33. The van der Waals surface area contributed by atoms with Gasteiger partial charge in [0.25, 0.3) is 0 Å². The summed E-state index contributed by atoms with van der Waals surface area (Å²) in [7, 11) is 0. The lowest BCUT2D eigenvalue weighted by molar-refractivity contribution is 0.575. The summed E-state index contributed by atoms with van der Waals surface area (Å²) in [5.41, 5.74) is 1.81. The smallest absolute Gasteiger partial charge is 0.0406 e. The Hall–Kier alpha value is -0.530. The zero-order valence-electron chi connectivity index (χ0n) is 10.1. The largest absolute Gasteiger partial charge is 0.316 e. The Morgan fingerprint density at radius 3 is 2.69 bits per heavy atom. The van der Waals surface area contributed by atoms with Crippen LogP contribution in [0.5, 0.6) is 0 Å². The second-order valence-electron chi connectivity index (χ2n) is 5.03. The first-order valence-corrected chi connectivity index (χ1v) is 6.51. The van der Waals surface area contributed by atoms with E-state index in [2.05, 4.69) is 31.3 Å². The third-order valence-electron chi connectivity index (χ3n) is 3.73. The van der Waals surface area contributed by atoms with Gasteiger partial charge in [0.2, 0.25) is 0 Å². The molecule has 1 saturated carbocycles. The fourth-order valence-electron chi connectivity index (χ4n) is 2.39. The molecule has 1 aromatic rings. The van der Waals surface area contributed by atoms with E-state index >= 15 is 0 Å². The molecule has 1 aliphatic carbocycles. The molecular formula is C14H20ClN. The molecule has 0 spiro atoms. The van der Waals surface area contributed by atoms with Crippen LogP contribution in [-0.4, -0.2) is 13.1 Å². The highest BCUT2D eigenvalue weighted by Gasteiger charge is 2.50. The van der Waals surface area contributed by atoms with E-state index in [1.807, 2.05) is 12.1 Å². The minimum Gasteiger partial charge on any atom is -0.316 e. The number of rotatable bonds is 5. The molecule has 0 amide bonds. The van der Waals surface area contributed by atoms with Crippen LogP contribution in [-0.2, 0) is 5.41 Å². The maximum atomic E-state index is 5.91. The van der Waals surface area contributed by atoms with Crippen LogP contribution < -0.4 is 5.32 Å². The van der Waals surface area contributed by atoms with Crippen molar-refractivity contribution in [1.82, 2.24) is 5.32 Å². The standard InChI is InChI=1S/C14H20ClN/c1-3-8-16-10-12-9-14(12,2)11-4-6-13(15)7-5-11/h4-7,12,16H,3,8-10H2,1-2H3. The first-order chi connectivity index (χ1) is 7.66. The highest BCUT2D eigenvalue weighted by atomic mass is 35.5. The molecule has 0 bridgehead atoms. The molecule has 2 unspecified atom stereocenters. The van der Waals surface area contributed by atoms with Crippen LogP contribution in [0.2, 0.25) is 5.02 Å². The van der Waals surface area contributed by atoms with Crippen molar-refractivity contribution in [3.8, 4) is 0 Å². The Kier molecular flexibility index (Phi) is 3.56. The molecule has 1 nitrogen and oxygen atoms in total. The van der Waals surface area contributed by atoms with Crippen molar-refractivity contribution < 1.29 is 0 Å². The molecule has 2 atom stereocenters. The monoisotopic (exact) mass is 237 g/mol. The molecule has 1 N–H and O–H groups in total. The minimum absolute atomic E-state index is 0.380. The van der Waals surface area contributed by atoms with E-state index in [9.17, 15) is 0 Å². The van der Waals surface area contributed by atoms with Gasteiger partial charge in [0.1, 0.15) is 0 Å². The van der Waals surface area contributed by atoms with Crippen LogP contribution in [0.3, 0.4) is 0 Å². The average molecular weight is 238 g/mol. The van der Waals surface area contributed by atoms with Crippen LogP contribution in [0.15, 0.2) is 24.3 Å². The quantitative estimate of drug-likeness (QED) is 0.772. The van der Waals surface area contributed by atoms with Crippen LogP contribution in [0, 0.1) is 5.92 Å². The summed E-state index contributed by atoms with van der Waals surface area (Å²) >= 11 is 5.91. The third kappa shape index (κ3) is 2.41. The van der Waals surface area contributed by atoms with E-state index in [4.69, 9.17) is 11.6 Å². The van der Waals surface area contributed by atoms with E-state index in [-0.39, 0.29) is 0 Å². The highest BCUT2D eigenvalue weighted by Crippen LogP contribution is 2.53. The molecule has 1 aliphatic rings. The summed E-state index contributed by atoms with van der Waals surface area (Å²) in [6.07, 6.45) is 2.51. The van der Waals surface area contributed by atoms with E-state index in [0.717, 1.165) is 24.0 Å². The fourth-order valence-corrected chi connectivity index (χ4v) is 2.51. The third-order valence-corrected chi connectivity index (χ3v) is 3.98. The van der Waals surface area contributed by atoms with Crippen molar-refractivity contribution in [3.05, 3.63) is 34.9 Å². The van der Waals surface area contributed by atoms with Crippen molar-refractivity contribution >= 4 is 11.6 Å². The fraction of sp³-hybridized carbons (Fsp3) is 0.571. The molecule has 0 heterocycles. The van der Waals surface area contributed by atoms with Crippen LogP contribution >= 0.6 is 11.6 Å². The number of hydrogen-bond donors (Lipinski definition) is 1. The SMILES string of the molecule is CCCNCC1CC1(C)c1ccc(Cl)cc1. The van der Waals surface area contributed by atoms with E-state index in [0.29, 0.717) is 5.41 Å². The van der Waals surface area contributed by atoms with Crippen LogP contribution in [0.4, 0.5) is 0 Å². The molecule has 2 rings (SSSR count). The number of halogens is 1. The number of nitrogens with one attached hydrogen (secondary N) is 1. The molecule has 88 valence electrons. The van der Waals surface area contributed by atoms with Crippen molar-refractivity contribution in [2.24, 2.45) is 5.92 Å². The summed E-state index contributed by atoms with van der Waals surface area (Å²) in [5.74, 6) is 0.792. The lowest BCUT2D eigenvalue weighted by Crippen LogP contribution is -2.20. The van der Waals surface area contributed by atoms with Gasteiger partial charge in [-0.15, -0.1) is 0 Å². The van der Waals surface area contributed by atoms with Crippen LogP contribution in [0.1, 0.15) is 32.3 Å².